The van der Waals surface area contributed by atoms with Crippen LogP contribution in [0.5, 0.6) is 0 Å². The second-order valence-electron chi connectivity index (χ2n) is 6.77. The van der Waals surface area contributed by atoms with Gasteiger partial charge >= 0.3 is 26.2 Å². The van der Waals surface area contributed by atoms with Gasteiger partial charge in [0.2, 0.25) is 0 Å². The molecular formula is C31H26Cl4Zr-4. The van der Waals surface area contributed by atoms with Crippen molar-refractivity contribution in [1.82, 2.24) is 0 Å². The fraction of sp³-hybridized carbons (Fsp3) is 0.0645. The van der Waals surface area contributed by atoms with Crippen LogP contribution in [0.4, 0.5) is 0 Å². The molecular weight excluding hydrogens is 605 g/mol. The SMILES string of the molecule is C.Clc1ccc2c(c1)[cH-]c1cc(Cl)ccc12.[C-]1=CC=CC1.[Cl-].[Cl-].[Zr+2].[c-]1ccccc1.[c-]1ccccc1. The van der Waals surface area contributed by atoms with E-state index < -0.39 is 0 Å². The van der Waals surface area contributed by atoms with Gasteiger partial charge < -0.3 is 24.8 Å². The Bertz CT molecular complexity index is 1110. The standard InChI is InChI=1S/C13H7Cl2.2C6H5.C5H5.CH4.2ClH.Zr/c14-10-1-3-12-8(6-10)5-9-7-11(15)2-4-13(9)12;2*1-2-4-6-5-3-1;1-2-4-5-3-1;;;;/h1-7H;2*1-5H;1-3H,4H2;1H4;2*1H;/q4*-1;;;;+2/p-2. The van der Waals surface area contributed by atoms with Crippen molar-refractivity contribution >= 4 is 44.7 Å². The molecule has 0 unspecified atom stereocenters. The summed E-state index contributed by atoms with van der Waals surface area (Å²) in [5, 5.41) is 6.32. The first kappa shape index (κ1) is 36.4. The summed E-state index contributed by atoms with van der Waals surface area (Å²) in [4.78, 5) is 0. The molecule has 0 N–H and O–H groups in total. The van der Waals surface area contributed by atoms with Crippen molar-refractivity contribution in [3.05, 3.63) is 150 Å². The van der Waals surface area contributed by atoms with E-state index in [9.17, 15) is 0 Å². The van der Waals surface area contributed by atoms with Gasteiger partial charge in [-0.2, -0.15) is 78.9 Å². The summed E-state index contributed by atoms with van der Waals surface area (Å²) in [6.45, 7) is 0. The van der Waals surface area contributed by atoms with Gasteiger partial charge in [0.25, 0.3) is 0 Å². The maximum atomic E-state index is 5.95. The molecule has 5 aromatic carbocycles. The van der Waals surface area contributed by atoms with E-state index in [1.54, 1.807) is 0 Å². The van der Waals surface area contributed by atoms with E-state index in [2.05, 4.69) is 30.4 Å². The van der Waals surface area contributed by atoms with Crippen molar-refractivity contribution in [2.24, 2.45) is 0 Å². The van der Waals surface area contributed by atoms with Gasteiger partial charge in [-0.25, -0.2) is 12.2 Å². The first-order chi connectivity index (χ1) is 15.7. The van der Waals surface area contributed by atoms with Crippen LogP contribution in [-0.4, -0.2) is 0 Å². The number of allylic oxidation sites excluding steroid dienone is 4. The van der Waals surface area contributed by atoms with E-state index in [0.717, 1.165) is 16.5 Å². The molecule has 0 bridgehead atoms. The van der Waals surface area contributed by atoms with Gasteiger partial charge in [-0.05, 0) is 0 Å². The van der Waals surface area contributed by atoms with Crippen LogP contribution in [0, 0.1) is 18.2 Å². The Balaban J connectivity index is 0. The van der Waals surface area contributed by atoms with Gasteiger partial charge in [0.05, 0.1) is 0 Å². The van der Waals surface area contributed by atoms with E-state index in [1.807, 2.05) is 109 Å². The minimum Gasteiger partial charge on any atom is -1.00 e. The van der Waals surface area contributed by atoms with E-state index in [1.165, 1.54) is 21.5 Å². The van der Waals surface area contributed by atoms with Crippen LogP contribution in [-0.2, 0) is 26.2 Å². The Morgan fingerprint density at radius 2 is 1.11 bits per heavy atom. The molecule has 0 aliphatic heterocycles. The van der Waals surface area contributed by atoms with E-state index >= 15 is 0 Å². The molecule has 1 aliphatic rings. The average molecular weight is 632 g/mol. The Labute approximate surface area is 257 Å². The van der Waals surface area contributed by atoms with Crippen molar-refractivity contribution in [2.45, 2.75) is 13.8 Å². The van der Waals surface area contributed by atoms with Crippen LogP contribution in [0.2, 0.25) is 10.0 Å². The quantitative estimate of drug-likeness (QED) is 0.228. The van der Waals surface area contributed by atoms with Crippen molar-refractivity contribution in [2.75, 3.05) is 0 Å². The number of hydrogen-bond acceptors (Lipinski definition) is 0. The van der Waals surface area contributed by atoms with Gasteiger partial charge in [-0.1, -0.05) is 54.9 Å². The van der Waals surface area contributed by atoms with Gasteiger partial charge in [0.1, 0.15) is 0 Å². The third kappa shape index (κ3) is 13.0. The molecule has 0 amide bonds. The van der Waals surface area contributed by atoms with Gasteiger partial charge in [-0.3, -0.25) is 6.08 Å². The minimum atomic E-state index is 0. The second kappa shape index (κ2) is 21.4. The predicted molar refractivity (Wildman–Crippen MR) is 146 cm³/mol. The first-order valence-electron chi connectivity index (χ1n) is 10.2. The molecule has 5 aromatic rings. The maximum Gasteiger partial charge on any atom is 2.00 e. The van der Waals surface area contributed by atoms with Crippen molar-refractivity contribution in [3.63, 3.8) is 0 Å². The van der Waals surface area contributed by atoms with Gasteiger partial charge in [-0.15, -0.1) is 46.2 Å². The summed E-state index contributed by atoms with van der Waals surface area (Å²) >= 11 is 11.9. The normalized spacial score (nSPS) is 9.83. The summed E-state index contributed by atoms with van der Waals surface area (Å²) in [5.41, 5.74) is 0. The summed E-state index contributed by atoms with van der Waals surface area (Å²) in [6, 6.07) is 39.0. The number of benzene rings is 4. The largest absolute Gasteiger partial charge is 2.00 e. The molecule has 0 atom stereocenters. The summed E-state index contributed by atoms with van der Waals surface area (Å²) in [7, 11) is 0. The predicted octanol–water partition coefficient (Wildman–Crippen LogP) is 3.94. The van der Waals surface area contributed by atoms with Crippen LogP contribution < -0.4 is 24.8 Å². The van der Waals surface area contributed by atoms with Crippen LogP contribution in [0.25, 0.3) is 21.5 Å². The Kier molecular flexibility index (Phi) is 21.6. The van der Waals surface area contributed by atoms with Crippen LogP contribution in [0.15, 0.2) is 121 Å². The average Bonchev–Trinajstić information content (AvgIpc) is 3.53. The Morgan fingerprint density at radius 3 is 1.36 bits per heavy atom. The molecule has 6 rings (SSSR count). The van der Waals surface area contributed by atoms with Crippen molar-refractivity contribution in [3.8, 4) is 0 Å². The van der Waals surface area contributed by atoms with Gasteiger partial charge in [0, 0.05) is 10.0 Å². The molecule has 0 nitrogen and oxygen atoms in total. The number of hydrogen-bond donors (Lipinski definition) is 0. The Morgan fingerprint density at radius 1 is 0.667 bits per heavy atom. The number of rotatable bonds is 0. The molecule has 0 heterocycles. The Hall–Kier alpha value is -1.73. The zero-order chi connectivity index (χ0) is 22.4. The molecule has 5 heteroatoms. The summed E-state index contributed by atoms with van der Waals surface area (Å²) < 4.78 is 0. The molecule has 0 aromatic heterocycles. The van der Waals surface area contributed by atoms with E-state index in [0.29, 0.717) is 0 Å². The fourth-order valence-electron chi connectivity index (χ4n) is 2.99. The third-order valence-corrected chi connectivity index (χ3v) is 4.90. The summed E-state index contributed by atoms with van der Waals surface area (Å²) in [6.07, 6.45) is 10.0. The number of fused-ring (bicyclic) bond motifs is 3. The molecule has 186 valence electrons. The first-order valence-corrected chi connectivity index (χ1v) is 11.0. The molecule has 0 saturated heterocycles. The maximum absolute atomic E-state index is 5.95. The fourth-order valence-corrected chi connectivity index (χ4v) is 3.35. The van der Waals surface area contributed by atoms with Crippen molar-refractivity contribution in [1.29, 1.82) is 0 Å². The molecule has 0 radical (unpaired) electrons. The molecule has 0 fully saturated rings. The van der Waals surface area contributed by atoms with E-state index in [-0.39, 0.29) is 58.4 Å². The third-order valence-electron chi connectivity index (χ3n) is 4.43. The van der Waals surface area contributed by atoms with Crippen molar-refractivity contribution < 1.29 is 51.0 Å². The molecule has 1 aliphatic carbocycles. The molecule has 0 saturated carbocycles. The minimum absolute atomic E-state index is 0. The number of halogens is 4. The molecule has 0 spiro atoms. The molecule has 36 heavy (non-hydrogen) atoms. The zero-order valence-electron chi connectivity index (χ0n) is 18.8. The zero-order valence-corrected chi connectivity index (χ0v) is 24.2. The smallest absolute Gasteiger partial charge is 1.00 e. The van der Waals surface area contributed by atoms with Crippen LogP contribution in [0.3, 0.4) is 0 Å². The van der Waals surface area contributed by atoms with E-state index in [4.69, 9.17) is 23.2 Å². The van der Waals surface area contributed by atoms with Gasteiger partial charge in [0.15, 0.2) is 0 Å². The van der Waals surface area contributed by atoms with Crippen LogP contribution in [0.1, 0.15) is 13.8 Å². The monoisotopic (exact) mass is 628 g/mol. The second-order valence-corrected chi connectivity index (χ2v) is 7.64. The topological polar surface area (TPSA) is 0 Å². The van der Waals surface area contributed by atoms with Crippen LogP contribution >= 0.6 is 23.2 Å². The summed E-state index contributed by atoms with van der Waals surface area (Å²) in [5.74, 6) is 0.